The first-order valence-corrected chi connectivity index (χ1v) is 7.07. The van der Waals surface area contributed by atoms with Crippen molar-refractivity contribution in [3.63, 3.8) is 0 Å². The summed E-state index contributed by atoms with van der Waals surface area (Å²) in [6, 6.07) is 8.39. The SMILES string of the molecule is CCCc1ccc(C/C(=N/O)N(C)OC(C)(C)C)cc1. The lowest BCUT2D eigenvalue weighted by Gasteiger charge is -2.28. The molecular weight excluding hydrogens is 252 g/mol. The van der Waals surface area contributed by atoms with Gasteiger partial charge in [0.15, 0.2) is 5.84 Å². The van der Waals surface area contributed by atoms with Gasteiger partial charge in [-0.3, -0.25) is 4.84 Å². The summed E-state index contributed by atoms with van der Waals surface area (Å²) in [4.78, 5) is 5.67. The Kier molecular flexibility index (Phi) is 6.02. The Morgan fingerprint density at radius 2 is 1.75 bits per heavy atom. The van der Waals surface area contributed by atoms with Crippen LogP contribution in [0.5, 0.6) is 0 Å². The number of hydrogen-bond donors (Lipinski definition) is 1. The Bertz CT molecular complexity index is 433. The van der Waals surface area contributed by atoms with Gasteiger partial charge in [0.1, 0.15) is 0 Å². The molecule has 0 bridgehead atoms. The second-order valence-electron chi connectivity index (χ2n) is 5.96. The lowest BCUT2D eigenvalue weighted by atomic mass is 10.1. The molecule has 1 N–H and O–H groups in total. The van der Waals surface area contributed by atoms with Crippen LogP contribution in [0.1, 0.15) is 45.2 Å². The highest BCUT2D eigenvalue weighted by molar-refractivity contribution is 5.82. The van der Waals surface area contributed by atoms with Gasteiger partial charge in [-0.1, -0.05) is 42.8 Å². The summed E-state index contributed by atoms with van der Waals surface area (Å²) in [6.07, 6.45) is 2.77. The van der Waals surface area contributed by atoms with Crippen LogP contribution in [0.25, 0.3) is 0 Å². The molecule has 0 saturated carbocycles. The number of amidine groups is 1. The third-order valence-electron chi connectivity index (χ3n) is 2.81. The van der Waals surface area contributed by atoms with Crippen LogP contribution < -0.4 is 0 Å². The molecule has 1 rings (SSSR count). The molecular formula is C16H26N2O2. The molecule has 0 atom stereocenters. The second kappa shape index (κ2) is 7.29. The first-order chi connectivity index (χ1) is 9.35. The first-order valence-electron chi connectivity index (χ1n) is 7.07. The predicted molar refractivity (Wildman–Crippen MR) is 82.0 cm³/mol. The normalized spacial score (nSPS) is 12.6. The fourth-order valence-corrected chi connectivity index (χ4v) is 1.97. The number of aryl methyl sites for hydroxylation is 1. The molecule has 0 heterocycles. The smallest absolute Gasteiger partial charge is 0.172 e. The molecule has 0 aliphatic carbocycles. The van der Waals surface area contributed by atoms with Crippen molar-refractivity contribution in [3.05, 3.63) is 35.4 Å². The maximum Gasteiger partial charge on any atom is 0.172 e. The Labute approximate surface area is 122 Å². The van der Waals surface area contributed by atoms with E-state index < -0.39 is 0 Å². The number of nitrogens with zero attached hydrogens (tertiary/aromatic N) is 2. The maximum absolute atomic E-state index is 9.16. The van der Waals surface area contributed by atoms with Crippen molar-refractivity contribution in [2.24, 2.45) is 5.16 Å². The van der Waals surface area contributed by atoms with Gasteiger partial charge in [-0.25, -0.2) is 5.06 Å². The minimum Gasteiger partial charge on any atom is -0.409 e. The highest BCUT2D eigenvalue weighted by Crippen LogP contribution is 2.13. The Morgan fingerprint density at radius 1 is 1.20 bits per heavy atom. The molecule has 0 aromatic heterocycles. The third-order valence-corrected chi connectivity index (χ3v) is 2.81. The van der Waals surface area contributed by atoms with Crippen LogP contribution in [0.2, 0.25) is 0 Å². The van der Waals surface area contributed by atoms with Crippen molar-refractivity contribution in [2.45, 2.75) is 52.6 Å². The summed E-state index contributed by atoms with van der Waals surface area (Å²) in [7, 11) is 1.76. The predicted octanol–water partition coefficient (Wildman–Crippen LogP) is 3.63. The van der Waals surface area contributed by atoms with E-state index >= 15 is 0 Å². The molecule has 20 heavy (non-hydrogen) atoms. The van der Waals surface area contributed by atoms with Crippen molar-refractivity contribution in [1.29, 1.82) is 0 Å². The van der Waals surface area contributed by atoms with Crippen molar-refractivity contribution >= 4 is 5.84 Å². The van der Waals surface area contributed by atoms with Crippen LogP contribution in [0.15, 0.2) is 29.4 Å². The summed E-state index contributed by atoms with van der Waals surface area (Å²) < 4.78 is 0. The van der Waals surface area contributed by atoms with Crippen molar-refractivity contribution in [3.8, 4) is 0 Å². The van der Waals surface area contributed by atoms with Crippen LogP contribution in [-0.2, 0) is 17.7 Å². The summed E-state index contributed by atoms with van der Waals surface area (Å²) in [6.45, 7) is 8.04. The Morgan fingerprint density at radius 3 is 2.20 bits per heavy atom. The lowest BCUT2D eigenvalue weighted by molar-refractivity contribution is -0.169. The number of oxime groups is 1. The third kappa shape index (κ3) is 5.61. The quantitative estimate of drug-likeness (QED) is 0.387. The number of rotatable bonds is 5. The van der Waals surface area contributed by atoms with Crippen molar-refractivity contribution in [1.82, 2.24) is 5.06 Å². The molecule has 0 saturated heterocycles. The van der Waals surface area contributed by atoms with Gasteiger partial charge in [-0.2, -0.15) is 0 Å². The van der Waals surface area contributed by atoms with Gasteiger partial charge < -0.3 is 5.21 Å². The molecule has 112 valence electrons. The second-order valence-corrected chi connectivity index (χ2v) is 5.96. The van der Waals surface area contributed by atoms with E-state index in [9.17, 15) is 0 Å². The van der Waals surface area contributed by atoms with Crippen LogP contribution in [-0.4, -0.2) is 28.8 Å². The van der Waals surface area contributed by atoms with Gasteiger partial charge in [-0.15, -0.1) is 0 Å². The number of hydrogen-bond acceptors (Lipinski definition) is 3. The zero-order valence-electron chi connectivity index (χ0n) is 13.2. The molecule has 0 fully saturated rings. The monoisotopic (exact) mass is 278 g/mol. The number of likely N-dealkylation sites (N-methyl/N-ethyl adjacent to an activating group) is 1. The van der Waals surface area contributed by atoms with Crippen LogP contribution in [0.3, 0.4) is 0 Å². The van der Waals surface area contributed by atoms with Gasteiger partial charge in [0, 0.05) is 13.5 Å². The average molecular weight is 278 g/mol. The summed E-state index contributed by atoms with van der Waals surface area (Å²) >= 11 is 0. The lowest BCUT2D eigenvalue weighted by Crippen LogP contribution is -2.36. The minimum absolute atomic E-state index is 0.324. The highest BCUT2D eigenvalue weighted by Gasteiger charge is 2.18. The van der Waals surface area contributed by atoms with E-state index in [-0.39, 0.29) is 5.60 Å². The minimum atomic E-state index is -0.324. The maximum atomic E-state index is 9.16. The molecule has 1 aromatic rings. The van der Waals surface area contributed by atoms with E-state index in [1.807, 2.05) is 20.8 Å². The molecule has 0 radical (unpaired) electrons. The first kappa shape index (κ1) is 16.5. The summed E-state index contributed by atoms with van der Waals surface area (Å²) in [5, 5.41) is 14.0. The fourth-order valence-electron chi connectivity index (χ4n) is 1.97. The molecule has 0 amide bonds. The standard InChI is InChI=1S/C16H26N2O2/c1-6-7-13-8-10-14(11-9-13)12-15(17-19)18(5)20-16(2,3)4/h8-11,19H,6-7,12H2,1-5H3/b17-15-. The van der Waals surface area contributed by atoms with E-state index in [4.69, 9.17) is 10.0 Å². The van der Waals surface area contributed by atoms with Crippen LogP contribution in [0.4, 0.5) is 0 Å². The van der Waals surface area contributed by atoms with E-state index in [2.05, 4.69) is 36.3 Å². The molecule has 0 spiro atoms. The van der Waals surface area contributed by atoms with Crippen LogP contribution >= 0.6 is 0 Å². The van der Waals surface area contributed by atoms with Gasteiger partial charge in [0.25, 0.3) is 0 Å². The zero-order chi connectivity index (χ0) is 15.2. The van der Waals surface area contributed by atoms with Gasteiger partial charge in [-0.05, 0) is 38.3 Å². The average Bonchev–Trinajstić information content (AvgIpc) is 2.36. The van der Waals surface area contributed by atoms with E-state index in [0.717, 1.165) is 18.4 Å². The Balaban J connectivity index is 2.69. The summed E-state index contributed by atoms with van der Waals surface area (Å²) in [5.74, 6) is 0.489. The highest BCUT2D eigenvalue weighted by atomic mass is 16.7. The van der Waals surface area contributed by atoms with Gasteiger partial charge >= 0.3 is 0 Å². The van der Waals surface area contributed by atoms with Gasteiger partial charge in [0.2, 0.25) is 0 Å². The molecule has 0 aliphatic rings. The summed E-state index contributed by atoms with van der Waals surface area (Å²) in [5.41, 5.74) is 2.11. The Hall–Kier alpha value is -1.55. The number of hydroxylamine groups is 2. The molecule has 4 nitrogen and oxygen atoms in total. The molecule has 0 aliphatic heterocycles. The van der Waals surface area contributed by atoms with Crippen molar-refractivity contribution in [2.75, 3.05) is 7.05 Å². The van der Waals surface area contributed by atoms with Crippen LogP contribution in [0, 0.1) is 0 Å². The zero-order valence-corrected chi connectivity index (χ0v) is 13.2. The largest absolute Gasteiger partial charge is 0.409 e. The van der Waals surface area contributed by atoms with E-state index in [0.29, 0.717) is 12.3 Å². The fraction of sp³-hybridized carbons (Fsp3) is 0.562. The number of benzene rings is 1. The van der Waals surface area contributed by atoms with E-state index in [1.165, 1.54) is 10.6 Å². The molecule has 1 aromatic carbocycles. The molecule has 4 heteroatoms. The molecule has 0 unspecified atom stereocenters. The van der Waals surface area contributed by atoms with Gasteiger partial charge in [0.05, 0.1) is 5.60 Å². The topological polar surface area (TPSA) is 45.1 Å². The van der Waals surface area contributed by atoms with E-state index in [1.54, 1.807) is 7.05 Å². The van der Waals surface area contributed by atoms with Crippen molar-refractivity contribution < 1.29 is 10.0 Å².